The van der Waals surface area contributed by atoms with Crippen molar-refractivity contribution in [3.05, 3.63) is 77.8 Å². The van der Waals surface area contributed by atoms with E-state index in [1.54, 1.807) is 0 Å². The van der Waals surface area contributed by atoms with Gasteiger partial charge in [0.05, 0.1) is 5.02 Å². The van der Waals surface area contributed by atoms with E-state index in [2.05, 4.69) is 6.07 Å². The molecule has 4 heteroatoms. The number of halogens is 1. The molecule has 0 aliphatic carbocycles. The van der Waals surface area contributed by atoms with Crippen molar-refractivity contribution in [2.24, 2.45) is 0 Å². The Kier molecular flexibility index (Phi) is 2.94. The second kappa shape index (κ2) is 5.35. The zero-order valence-electron chi connectivity index (χ0n) is 14.1. The molecule has 0 spiro atoms. The second-order valence-electron chi connectivity index (χ2n) is 6.55. The van der Waals surface area contributed by atoms with Crippen LogP contribution >= 0.6 is 11.6 Å². The van der Waals surface area contributed by atoms with Gasteiger partial charge >= 0.3 is 0 Å². The number of oxazole rings is 1. The van der Waals surface area contributed by atoms with Crippen LogP contribution in [0.3, 0.4) is 0 Å². The molecule has 6 aromatic rings. The Morgan fingerprint density at radius 3 is 2.44 bits per heavy atom. The zero-order valence-corrected chi connectivity index (χ0v) is 14.8. The molecule has 3 nitrogen and oxygen atoms in total. The topological polar surface area (TPSA) is 39.2 Å². The molecule has 128 valence electrons. The summed E-state index contributed by atoms with van der Waals surface area (Å²) in [5, 5.41) is 4.67. The lowest BCUT2D eigenvalue weighted by atomic mass is 10.0. The van der Waals surface area contributed by atoms with Gasteiger partial charge in [-0.3, -0.25) is 0 Å². The summed E-state index contributed by atoms with van der Waals surface area (Å²) in [6, 6.07) is 23.8. The van der Waals surface area contributed by atoms with Crippen molar-refractivity contribution < 1.29 is 8.83 Å². The number of hydrogen-bond acceptors (Lipinski definition) is 3. The summed E-state index contributed by atoms with van der Waals surface area (Å²) in [6.07, 6.45) is 0. The van der Waals surface area contributed by atoms with Crippen LogP contribution in [0, 0.1) is 0 Å². The fourth-order valence-electron chi connectivity index (χ4n) is 3.75. The summed E-state index contributed by atoms with van der Waals surface area (Å²) in [7, 11) is 0. The van der Waals surface area contributed by atoms with Crippen molar-refractivity contribution in [1.82, 2.24) is 4.98 Å². The van der Waals surface area contributed by atoms with Gasteiger partial charge < -0.3 is 8.83 Å². The van der Waals surface area contributed by atoms with Gasteiger partial charge in [-0.1, -0.05) is 54.1 Å². The molecule has 0 N–H and O–H groups in total. The maximum Gasteiger partial charge on any atom is 0.227 e. The van der Waals surface area contributed by atoms with Crippen LogP contribution < -0.4 is 0 Å². The molecule has 2 aromatic heterocycles. The summed E-state index contributed by atoms with van der Waals surface area (Å²) < 4.78 is 12.3. The van der Waals surface area contributed by atoms with Crippen LogP contribution in [0.25, 0.3) is 55.3 Å². The SMILES string of the molecule is Clc1cccc2c1oc1ccc3ccc4nc(-c5ccccc5)oc4c3c12. The predicted octanol–water partition coefficient (Wildman–Crippen LogP) is 7.20. The third kappa shape index (κ3) is 2.06. The van der Waals surface area contributed by atoms with Crippen molar-refractivity contribution in [3.8, 4) is 11.5 Å². The van der Waals surface area contributed by atoms with E-state index in [-0.39, 0.29) is 0 Å². The van der Waals surface area contributed by atoms with Gasteiger partial charge in [-0.2, -0.15) is 0 Å². The monoisotopic (exact) mass is 369 g/mol. The summed E-state index contributed by atoms with van der Waals surface area (Å²) in [4.78, 5) is 4.70. The second-order valence-corrected chi connectivity index (χ2v) is 6.96. The lowest BCUT2D eigenvalue weighted by Crippen LogP contribution is -1.77. The van der Waals surface area contributed by atoms with Gasteiger partial charge in [-0.15, -0.1) is 0 Å². The Bertz CT molecular complexity index is 1480. The highest BCUT2D eigenvalue weighted by Gasteiger charge is 2.17. The number of fused-ring (bicyclic) bond motifs is 7. The first-order chi connectivity index (χ1) is 13.3. The normalized spacial score (nSPS) is 11.9. The standard InChI is InChI=1S/C23H12ClNO2/c24-16-8-4-7-15-20-18(26-21(15)16)12-10-13-9-11-17-22(19(13)20)27-23(25-17)14-5-2-1-3-6-14/h1-12H. The van der Waals surface area contributed by atoms with Crippen LogP contribution in [0.1, 0.15) is 0 Å². The van der Waals surface area contributed by atoms with Crippen molar-refractivity contribution in [2.75, 3.05) is 0 Å². The highest BCUT2D eigenvalue weighted by atomic mass is 35.5. The third-order valence-electron chi connectivity index (χ3n) is 4.97. The van der Waals surface area contributed by atoms with Gasteiger partial charge in [-0.05, 0) is 35.7 Å². The minimum absolute atomic E-state index is 0.603. The van der Waals surface area contributed by atoms with Crippen LogP contribution in [0.2, 0.25) is 5.02 Å². The Morgan fingerprint density at radius 1 is 0.704 bits per heavy atom. The van der Waals surface area contributed by atoms with E-state index in [1.807, 2.05) is 66.7 Å². The van der Waals surface area contributed by atoms with E-state index in [1.165, 1.54) is 0 Å². The molecular formula is C23H12ClNO2. The molecule has 0 radical (unpaired) electrons. The van der Waals surface area contributed by atoms with Gasteiger partial charge in [0.15, 0.2) is 11.2 Å². The van der Waals surface area contributed by atoms with Crippen LogP contribution in [-0.2, 0) is 0 Å². The smallest absolute Gasteiger partial charge is 0.227 e. The molecule has 27 heavy (non-hydrogen) atoms. The number of aromatic nitrogens is 1. The molecule has 0 atom stereocenters. The summed E-state index contributed by atoms with van der Waals surface area (Å²) in [5.74, 6) is 0.612. The van der Waals surface area contributed by atoms with Gasteiger partial charge in [0.25, 0.3) is 0 Å². The Morgan fingerprint density at radius 2 is 1.56 bits per heavy atom. The van der Waals surface area contributed by atoms with E-state index in [0.717, 1.165) is 43.8 Å². The minimum Gasteiger partial charge on any atom is -0.454 e. The molecule has 2 heterocycles. The molecule has 0 aliphatic heterocycles. The molecule has 0 bridgehead atoms. The molecule has 4 aromatic carbocycles. The van der Waals surface area contributed by atoms with Gasteiger partial charge in [0.1, 0.15) is 11.1 Å². The Labute approximate surface area is 158 Å². The van der Waals surface area contributed by atoms with Crippen LogP contribution in [0.15, 0.2) is 81.6 Å². The molecule has 0 unspecified atom stereocenters. The fourth-order valence-corrected chi connectivity index (χ4v) is 3.97. The average molecular weight is 370 g/mol. The quantitative estimate of drug-likeness (QED) is 0.307. The lowest BCUT2D eigenvalue weighted by Gasteiger charge is -2.00. The van der Waals surface area contributed by atoms with E-state index >= 15 is 0 Å². The maximum absolute atomic E-state index is 6.35. The average Bonchev–Trinajstić information content (AvgIpc) is 3.31. The van der Waals surface area contributed by atoms with Crippen molar-refractivity contribution in [2.45, 2.75) is 0 Å². The van der Waals surface area contributed by atoms with Gasteiger partial charge in [0, 0.05) is 21.7 Å². The number of para-hydroxylation sites is 1. The lowest BCUT2D eigenvalue weighted by molar-refractivity contribution is 0.623. The molecule has 0 saturated heterocycles. The molecule has 6 rings (SSSR count). The fraction of sp³-hybridized carbons (Fsp3) is 0. The summed E-state index contributed by atoms with van der Waals surface area (Å²) in [5.41, 5.74) is 4.02. The van der Waals surface area contributed by atoms with Crippen LogP contribution in [0.4, 0.5) is 0 Å². The van der Waals surface area contributed by atoms with E-state index in [4.69, 9.17) is 25.4 Å². The number of benzene rings is 4. The van der Waals surface area contributed by atoms with E-state index in [0.29, 0.717) is 16.5 Å². The first-order valence-electron chi connectivity index (χ1n) is 8.68. The number of nitrogens with zero attached hydrogens (tertiary/aromatic N) is 1. The number of rotatable bonds is 1. The molecule has 0 saturated carbocycles. The van der Waals surface area contributed by atoms with Crippen LogP contribution in [0.5, 0.6) is 0 Å². The highest BCUT2D eigenvalue weighted by Crippen LogP contribution is 2.40. The van der Waals surface area contributed by atoms with Gasteiger partial charge in [0.2, 0.25) is 5.89 Å². The molecule has 0 fully saturated rings. The number of furan rings is 1. The highest BCUT2D eigenvalue weighted by molar-refractivity contribution is 6.37. The molecule has 0 amide bonds. The van der Waals surface area contributed by atoms with Crippen molar-refractivity contribution in [1.29, 1.82) is 0 Å². The molecule has 0 aliphatic rings. The van der Waals surface area contributed by atoms with E-state index < -0.39 is 0 Å². The first kappa shape index (κ1) is 14.8. The first-order valence-corrected chi connectivity index (χ1v) is 9.06. The van der Waals surface area contributed by atoms with Crippen LogP contribution in [-0.4, -0.2) is 4.98 Å². The Balaban J connectivity index is 1.80. The maximum atomic E-state index is 6.35. The third-order valence-corrected chi connectivity index (χ3v) is 5.27. The summed E-state index contributed by atoms with van der Waals surface area (Å²) >= 11 is 6.35. The minimum atomic E-state index is 0.603. The number of hydrogen-bond donors (Lipinski definition) is 0. The van der Waals surface area contributed by atoms with Crippen molar-refractivity contribution in [3.63, 3.8) is 0 Å². The predicted molar refractivity (Wildman–Crippen MR) is 109 cm³/mol. The zero-order chi connectivity index (χ0) is 18.0. The Hall–Kier alpha value is -3.30. The largest absolute Gasteiger partial charge is 0.454 e. The van der Waals surface area contributed by atoms with Crippen molar-refractivity contribution >= 4 is 55.4 Å². The molecular weight excluding hydrogens is 358 g/mol. The summed E-state index contributed by atoms with van der Waals surface area (Å²) in [6.45, 7) is 0. The van der Waals surface area contributed by atoms with E-state index in [9.17, 15) is 0 Å². The van der Waals surface area contributed by atoms with Gasteiger partial charge in [-0.25, -0.2) is 4.98 Å².